The van der Waals surface area contributed by atoms with E-state index in [0.29, 0.717) is 21.6 Å². The quantitative estimate of drug-likeness (QED) is 0.641. The highest BCUT2D eigenvalue weighted by Gasteiger charge is 2.14. The van der Waals surface area contributed by atoms with E-state index in [2.05, 4.69) is 10.2 Å². The molecular formula is C13H11N3O2. The molecule has 0 aliphatic heterocycles. The average Bonchev–Trinajstić information content (AvgIpc) is 2.71. The van der Waals surface area contributed by atoms with Crippen molar-refractivity contribution in [2.24, 2.45) is 0 Å². The van der Waals surface area contributed by atoms with Crippen molar-refractivity contribution in [3.63, 3.8) is 0 Å². The van der Waals surface area contributed by atoms with E-state index in [1.807, 2.05) is 25.1 Å². The highest BCUT2D eigenvalue weighted by molar-refractivity contribution is 5.94. The minimum Gasteiger partial charge on any atom is -0.507 e. The minimum absolute atomic E-state index is 0.181. The van der Waals surface area contributed by atoms with Crippen LogP contribution in [0.1, 0.15) is 5.56 Å². The van der Waals surface area contributed by atoms with Crippen LogP contribution >= 0.6 is 0 Å². The summed E-state index contributed by atoms with van der Waals surface area (Å²) in [5, 5.41) is 27.0. The second-order valence-electron chi connectivity index (χ2n) is 4.11. The molecule has 0 atom stereocenters. The van der Waals surface area contributed by atoms with Gasteiger partial charge in [0.15, 0.2) is 0 Å². The lowest BCUT2D eigenvalue weighted by Gasteiger charge is -2.07. The molecule has 0 spiro atoms. The lowest BCUT2D eigenvalue weighted by molar-refractivity contribution is 0.113. The molecule has 0 bridgehead atoms. The number of phenols is 1. The summed E-state index contributed by atoms with van der Waals surface area (Å²) >= 11 is 0. The van der Waals surface area contributed by atoms with E-state index >= 15 is 0 Å². The van der Waals surface area contributed by atoms with Crippen molar-refractivity contribution in [2.75, 3.05) is 0 Å². The van der Waals surface area contributed by atoms with Crippen LogP contribution in [0.2, 0.25) is 0 Å². The third-order valence-electron chi connectivity index (χ3n) is 2.92. The fourth-order valence-corrected chi connectivity index (χ4v) is 2.10. The van der Waals surface area contributed by atoms with Crippen molar-refractivity contribution in [3.8, 4) is 16.9 Å². The summed E-state index contributed by atoms with van der Waals surface area (Å²) in [5.41, 5.74) is 3.58. The number of para-hydroxylation sites is 1. The van der Waals surface area contributed by atoms with Gasteiger partial charge < -0.3 is 10.3 Å². The maximum Gasteiger partial charge on any atom is 0.125 e. The van der Waals surface area contributed by atoms with Gasteiger partial charge in [-0.3, -0.25) is 0 Å². The van der Waals surface area contributed by atoms with E-state index in [-0.39, 0.29) is 5.75 Å². The van der Waals surface area contributed by atoms with Gasteiger partial charge >= 0.3 is 0 Å². The standard InChI is InChI=1S/C13H11N3O2/c1-8-6-7-10-13(15-16(18)14-10)12(8)9-4-2-3-5-11(9)17/h2-7,17-18H,1H3. The van der Waals surface area contributed by atoms with E-state index in [0.717, 1.165) is 11.1 Å². The molecule has 0 fully saturated rings. The van der Waals surface area contributed by atoms with Gasteiger partial charge in [0.25, 0.3) is 0 Å². The van der Waals surface area contributed by atoms with Crippen LogP contribution in [0.5, 0.6) is 5.75 Å². The second kappa shape index (κ2) is 3.73. The van der Waals surface area contributed by atoms with E-state index < -0.39 is 0 Å². The zero-order valence-electron chi connectivity index (χ0n) is 9.70. The molecule has 1 heterocycles. The van der Waals surface area contributed by atoms with Crippen molar-refractivity contribution in [1.29, 1.82) is 0 Å². The molecule has 0 unspecified atom stereocenters. The van der Waals surface area contributed by atoms with Crippen molar-refractivity contribution >= 4 is 11.0 Å². The third kappa shape index (κ3) is 1.48. The van der Waals surface area contributed by atoms with E-state index in [9.17, 15) is 10.3 Å². The molecule has 0 radical (unpaired) electrons. The molecule has 90 valence electrons. The topological polar surface area (TPSA) is 71.2 Å². The smallest absolute Gasteiger partial charge is 0.125 e. The average molecular weight is 241 g/mol. The molecule has 3 rings (SSSR count). The molecule has 5 nitrogen and oxygen atoms in total. The van der Waals surface area contributed by atoms with Crippen LogP contribution < -0.4 is 0 Å². The van der Waals surface area contributed by atoms with Gasteiger partial charge in [-0.2, -0.15) is 0 Å². The molecule has 0 saturated heterocycles. The van der Waals surface area contributed by atoms with Gasteiger partial charge in [-0.15, -0.1) is 10.2 Å². The first-order valence-electron chi connectivity index (χ1n) is 5.51. The SMILES string of the molecule is Cc1ccc2nn(O)nc2c1-c1ccccc1O. The van der Waals surface area contributed by atoms with Crippen molar-refractivity contribution < 1.29 is 10.3 Å². The summed E-state index contributed by atoms with van der Waals surface area (Å²) in [6.45, 7) is 1.93. The molecule has 1 aromatic heterocycles. The number of hydrogen-bond donors (Lipinski definition) is 2. The Labute approximate surface area is 103 Å². The van der Waals surface area contributed by atoms with E-state index in [4.69, 9.17) is 0 Å². The molecule has 3 aromatic rings. The summed E-state index contributed by atoms with van der Waals surface area (Å²) in [7, 11) is 0. The first-order chi connectivity index (χ1) is 8.66. The lowest BCUT2D eigenvalue weighted by atomic mass is 9.98. The number of aromatic nitrogens is 3. The molecule has 5 heteroatoms. The summed E-state index contributed by atoms with van der Waals surface area (Å²) < 4.78 is 0. The highest BCUT2D eigenvalue weighted by atomic mass is 16.5. The highest BCUT2D eigenvalue weighted by Crippen LogP contribution is 2.35. The number of phenolic OH excluding ortho intramolecular Hbond substituents is 1. The summed E-state index contributed by atoms with van der Waals surface area (Å²) in [6, 6.07) is 10.7. The Morgan fingerprint density at radius 2 is 1.83 bits per heavy atom. The number of hydrogen-bond acceptors (Lipinski definition) is 4. The first kappa shape index (κ1) is 10.6. The second-order valence-corrected chi connectivity index (χ2v) is 4.11. The Morgan fingerprint density at radius 3 is 2.61 bits per heavy atom. The van der Waals surface area contributed by atoms with Crippen molar-refractivity contribution in [1.82, 2.24) is 15.2 Å². The van der Waals surface area contributed by atoms with Crippen molar-refractivity contribution in [2.45, 2.75) is 6.92 Å². The zero-order chi connectivity index (χ0) is 12.7. The van der Waals surface area contributed by atoms with Crippen LogP contribution in [0.25, 0.3) is 22.2 Å². The van der Waals surface area contributed by atoms with Gasteiger partial charge in [0, 0.05) is 11.1 Å². The fourth-order valence-electron chi connectivity index (χ4n) is 2.10. The van der Waals surface area contributed by atoms with E-state index in [1.165, 1.54) is 0 Å². The molecule has 0 saturated carbocycles. The van der Waals surface area contributed by atoms with Crippen molar-refractivity contribution in [3.05, 3.63) is 42.0 Å². The number of nitrogens with zero attached hydrogens (tertiary/aromatic N) is 3. The Bertz CT molecular complexity index is 734. The molecule has 0 amide bonds. The zero-order valence-corrected chi connectivity index (χ0v) is 9.70. The van der Waals surface area contributed by atoms with Gasteiger partial charge in [0.2, 0.25) is 0 Å². The number of rotatable bonds is 1. The summed E-state index contributed by atoms with van der Waals surface area (Å²) in [4.78, 5) is 0.549. The van der Waals surface area contributed by atoms with Gasteiger partial charge in [-0.05, 0) is 29.6 Å². The Kier molecular flexibility index (Phi) is 2.19. The summed E-state index contributed by atoms with van der Waals surface area (Å²) in [6.07, 6.45) is 0. The first-order valence-corrected chi connectivity index (χ1v) is 5.51. The Hall–Kier alpha value is -2.56. The third-order valence-corrected chi connectivity index (χ3v) is 2.92. The molecule has 2 aromatic carbocycles. The van der Waals surface area contributed by atoms with Crippen LogP contribution in [0.4, 0.5) is 0 Å². The van der Waals surface area contributed by atoms with Gasteiger partial charge in [0.05, 0.1) is 0 Å². The fraction of sp³-hybridized carbons (Fsp3) is 0.0769. The number of benzene rings is 2. The Balaban J connectivity index is 2.41. The predicted molar refractivity (Wildman–Crippen MR) is 66.6 cm³/mol. The maximum atomic E-state index is 9.94. The normalized spacial score (nSPS) is 10.9. The van der Waals surface area contributed by atoms with Crippen LogP contribution in [0, 0.1) is 6.92 Å². The van der Waals surface area contributed by atoms with Crippen LogP contribution in [0.3, 0.4) is 0 Å². The monoisotopic (exact) mass is 241 g/mol. The van der Waals surface area contributed by atoms with Gasteiger partial charge in [-0.1, -0.05) is 24.3 Å². The number of aryl methyl sites for hydroxylation is 1. The summed E-state index contributed by atoms with van der Waals surface area (Å²) in [5.74, 6) is 0.181. The van der Waals surface area contributed by atoms with Gasteiger partial charge in [-0.25, -0.2) is 0 Å². The molecular weight excluding hydrogens is 230 g/mol. The van der Waals surface area contributed by atoms with Gasteiger partial charge in [0.1, 0.15) is 16.8 Å². The maximum absolute atomic E-state index is 9.94. The lowest BCUT2D eigenvalue weighted by Crippen LogP contribution is -1.93. The number of aromatic hydroxyl groups is 1. The van der Waals surface area contributed by atoms with Crippen LogP contribution in [-0.2, 0) is 0 Å². The van der Waals surface area contributed by atoms with Crippen LogP contribution in [-0.4, -0.2) is 25.5 Å². The minimum atomic E-state index is 0.181. The molecule has 0 aliphatic rings. The van der Waals surface area contributed by atoms with E-state index in [1.54, 1.807) is 18.2 Å². The van der Waals surface area contributed by atoms with Crippen LogP contribution in [0.15, 0.2) is 36.4 Å². The Morgan fingerprint density at radius 1 is 1.06 bits per heavy atom. The molecule has 18 heavy (non-hydrogen) atoms. The number of fused-ring (bicyclic) bond motifs is 1. The molecule has 2 N–H and O–H groups in total. The largest absolute Gasteiger partial charge is 0.507 e. The molecule has 0 aliphatic carbocycles. The predicted octanol–water partition coefficient (Wildman–Crippen LogP) is 2.35.